The van der Waals surface area contributed by atoms with Crippen molar-refractivity contribution in [2.24, 2.45) is 0 Å². The first kappa shape index (κ1) is 12.1. The standard InChI is InChI=1S/C12H13BrN2O2/c13-11-4-3-10(12(9-11)15(16)17)5-8-14-6-1-2-7-14/h3-5,8-9H,1-2,6-7H2/b8-5+. The van der Waals surface area contributed by atoms with Gasteiger partial charge < -0.3 is 4.90 Å². The second-order valence-electron chi connectivity index (χ2n) is 4.02. The lowest BCUT2D eigenvalue weighted by Gasteiger charge is -2.10. The van der Waals surface area contributed by atoms with Gasteiger partial charge in [-0.15, -0.1) is 0 Å². The quantitative estimate of drug-likeness (QED) is 0.634. The van der Waals surface area contributed by atoms with E-state index < -0.39 is 0 Å². The number of likely N-dealkylation sites (tertiary alicyclic amines) is 1. The highest BCUT2D eigenvalue weighted by Gasteiger charge is 2.12. The predicted molar refractivity (Wildman–Crippen MR) is 70.6 cm³/mol. The average Bonchev–Trinajstić information content (AvgIpc) is 2.80. The highest BCUT2D eigenvalue weighted by Crippen LogP contribution is 2.25. The Labute approximate surface area is 108 Å². The average molecular weight is 297 g/mol. The summed E-state index contributed by atoms with van der Waals surface area (Å²) in [5.74, 6) is 0. The lowest BCUT2D eigenvalue weighted by molar-refractivity contribution is -0.385. The van der Waals surface area contributed by atoms with Gasteiger partial charge in [-0.1, -0.05) is 15.9 Å². The van der Waals surface area contributed by atoms with Gasteiger partial charge in [-0.25, -0.2) is 0 Å². The van der Waals surface area contributed by atoms with Gasteiger partial charge in [0.05, 0.1) is 10.5 Å². The maximum Gasteiger partial charge on any atom is 0.277 e. The van der Waals surface area contributed by atoms with Crippen LogP contribution >= 0.6 is 15.9 Å². The first-order valence-corrected chi connectivity index (χ1v) is 6.32. The summed E-state index contributed by atoms with van der Waals surface area (Å²) in [5.41, 5.74) is 0.778. The Kier molecular flexibility index (Phi) is 3.78. The van der Waals surface area contributed by atoms with E-state index in [-0.39, 0.29) is 10.6 Å². The van der Waals surface area contributed by atoms with Crippen molar-refractivity contribution in [2.75, 3.05) is 13.1 Å². The van der Waals surface area contributed by atoms with Crippen molar-refractivity contribution >= 4 is 27.7 Å². The molecule has 1 fully saturated rings. The summed E-state index contributed by atoms with van der Waals surface area (Å²) >= 11 is 3.24. The lowest BCUT2D eigenvalue weighted by Crippen LogP contribution is -2.10. The minimum atomic E-state index is -0.353. The van der Waals surface area contributed by atoms with Crippen LogP contribution < -0.4 is 0 Å². The van der Waals surface area contributed by atoms with Crippen molar-refractivity contribution in [3.05, 3.63) is 44.5 Å². The molecule has 1 heterocycles. The monoisotopic (exact) mass is 296 g/mol. The second kappa shape index (κ2) is 5.31. The van der Waals surface area contributed by atoms with Crippen LogP contribution in [0.5, 0.6) is 0 Å². The summed E-state index contributed by atoms with van der Waals surface area (Å²) in [6.45, 7) is 2.08. The molecule has 0 N–H and O–H groups in total. The molecule has 0 saturated carbocycles. The number of hydrogen-bond acceptors (Lipinski definition) is 3. The molecule has 1 aromatic carbocycles. The molecule has 5 heteroatoms. The Morgan fingerprint density at radius 2 is 2.06 bits per heavy atom. The zero-order valence-corrected chi connectivity index (χ0v) is 10.9. The van der Waals surface area contributed by atoms with Crippen molar-refractivity contribution in [1.29, 1.82) is 0 Å². The van der Waals surface area contributed by atoms with Crippen LogP contribution in [0.2, 0.25) is 0 Å². The highest BCUT2D eigenvalue weighted by molar-refractivity contribution is 9.10. The van der Waals surface area contributed by atoms with Gasteiger partial charge >= 0.3 is 0 Å². The Bertz CT molecular complexity index is 454. The molecule has 4 nitrogen and oxygen atoms in total. The number of halogens is 1. The molecular weight excluding hydrogens is 284 g/mol. The van der Waals surface area contributed by atoms with Gasteiger partial charge in [-0.05, 0) is 37.3 Å². The van der Waals surface area contributed by atoms with Gasteiger partial charge in [0.2, 0.25) is 0 Å². The molecule has 1 saturated heterocycles. The van der Waals surface area contributed by atoms with Gasteiger partial charge in [-0.3, -0.25) is 10.1 Å². The Balaban J connectivity index is 2.22. The molecule has 2 rings (SSSR count). The first-order valence-electron chi connectivity index (χ1n) is 5.53. The smallest absolute Gasteiger partial charge is 0.277 e. The van der Waals surface area contributed by atoms with E-state index in [0.29, 0.717) is 5.56 Å². The van der Waals surface area contributed by atoms with Crippen LogP contribution in [0.15, 0.2) is 28.9 Å². The van der Waals surface area contributed by atoms with Crippen molar-refractivity contribution < 1.29 is 4.92 Å². The van der Waals surface area contributed by atoms with Gasteiger partial charge in [-0.2, -0.15) is 0 Å². The molecule has 1 aliphatic heterocycles. The van der Waals surface area contributed by atoms with E-state index in [1.165, 1.54) is 18.9 Å². The van der Waals surface area contributed by atoms with Crippen LogP contribution in [0.3, 0.4) is 0 Å². The van der Waals surface area contributed by atoms with Crippen LogP contribution in [0.1, 0.15) is 18.4 Å². The van der Waals surface area contributed by atoms with Crippen molar-refractivity contribution in [3.8, 4) is 0 Å². The van der Waals surface area contributed by atoms with Crippen LogP contribution in [0.25, 0.3) is 6.08 Å². The summed E-state index contributed by atoms with van der Waals surface area (Å²) in [6, 6.07) is 5.11. The van der Waals surface area contributed by atoms with E-state index in [4.69, 9.17) is 0 Å². The van der Waals surface area contributed by atoms with E-state index in [1.807, 2.05) is 18.3 Å². The lowest BCUT2D eigenvalue weighted by atomic mass is 10.2. The Morgan fingerprint density at radius 1 is 1.35 bits per heavy atom. The van der Waals surface area contributed by atoms with Crippen LogP contribution in [-0.4, -0.2) is 22.9 Å². The summed E-state index contributed by atoms with van der Waals surface area (Å²) < 4.78 is 0.725. The maximum absolute atomic E-state index is 10.9. The van der Waals surface area contributed by atoms with Crippen LogP contribution in [0, 0.1) is 10.1 Å². The number of nitro groups is 1. The molecule has 0 unspecified atom stereocenters. The van der Waals surface area contributed by atoms with E-state index in [0.717, 1.165) is 17.6 Å². The molecule has 1 aliphatic rings. The fraction of sp³-hybridized carbons (Fsp3) is 0.333. The van der Waals surface area contributed by atoms with Gasteiger partial charge in [0.1, 0.15) is 0 Å². The third-order valence-corrected chi connectivity index (χ3v) is 3.29. The molecule has 0 amide bonds. The summed E-state index contributed by atoms with van der Waals surface area (Å²) in [7, 11) is 0. The minimum Gasteiger partial charge on any atom is -0.377 e. The molecule has 0 aliphatic carbocycles. The molecule has 90 valence electrons. The Morgan fingerprint density at radius 3 is 2.71 bits per heavy atom. The molecule has 0 radical (unpaired) electrons. The third-order valence-electron chi connectivity index (χ3n) is 2.79. The van der Waals surface area contributed by atoms with E-state index in [1.54, 1.807) is 6.07 Å². The molecule has 17 heavy (non-hydrogen) atoms. The number of hydrogen-bond donors (Lipinski definition) is 0. The summed E-state index contributed by atoms with van der Waals surface area (Å²) in [6.07, 6.45) is 6.17. The molecule has 0 spiro atoms. The maximum atomic E-state index is 10.9. The SMILES string of the molecule is O=[N+]([O-])c1cc(Br)ccc1/C=C/N1CCCC1. The van der Waals surface area contributed by atoms with Gasteiger partial charge in [0.15, 0.2) is 0 Å². The van der Waals surface area contributed by atoms with E-state index >= 15 is 0 Å². The number of benzene rings is 1. The minimum absolute atomic E-state index is 0.134. The predicted octanol–water partition coefficient (Wildman–Crippen LogP) is 3.42. The highest BCUT2D eigenvalue weighted by atomic mass is 79.9. The van der Waals surface area contributed by atoms with E-state index in [9.17, 15) is 10.1 Å². The zero-order valence-electron chi connectivity index (χ0n) is 9.30. The summed E-state index contributed by atoms with van der Waals surface area (Å²) in [5, 5.41) is 10.9. The molecule has 0 aromatic heterocycles. The fourth-order valence-corrected chi connectivity index (χ4v) is 2.24. The zero-order chi connectivity index (χ0) is 12.3. The topological polar surface area (TPSA) is 46.4 Å². The van der Waals surface area contributed by atoms with Crippen molar-refractivity contribution in [2.45, 2.75) is 12.8 Å². The second-order valence-corrected chi connectivity index (χ2v) is 4.93. The summed E-state index contributed by atoms with van der Waals surface area (Å²) in [4.78, 5) is 12.7. The largest absolute Gasteiger partial charge is 0.377 e. The molecular formula is C12H13BrN2O2. The first-order chi connectivity index (χ1) is 8.16. The van der Waals surface area contributed by atoms with Crippen LogP contribution in [-0.2, 0) is 0 Å². The Hall–Kier alpha value is -1.36. The van der Waals surface area contributed by atoms with E-state index in [2.05, 4.69) is 20.8 Å². The number of rotatable bonds is 3. The normalized spacial score (nSPS) is 15.7. The number of nitro benzene ring substituents is 1. The number of nitrogens with zero attached hydrogens (tertiary/aromatic N) is 2. The van der Waals surface area contributed by atoms with Crippen molar-refractivity contribution in [1.82, 2.24) is 4.90 Å². The fourth-order valence-electron chi connectivity index (χ4n) is 1.89. The van der Waals surface area contributed by atoms with Gasteiger partial charge in [0.25, 0.3) is 5.69 Å². The van der Waals surface area contributed by atoms with Crippen LogP contribution in [0.4, 0.5) is 5.69 Å². The third kappa shape index (κ3) is 3.06. The van der Waals surface area contributed by atoms with Crippen molar-refractivity contribution in [3.63, 3.8) is 0 Å². The molecule has 0 bridgehead atoms. The molecule has 0 atom stereocenters. The molecule has 1 aromatic rings. The van der Waals surface area contributed by atoms with Gasteiger partial charge in [0, 0.05) is 23.6 Å².